The molecule has 128 valence electrons. The molecule has 1 amide bonds. The molecule has 3 aromatic rings. The fourth-order valence-electron chi connectivity index (χ4n) is 3.03. The predicted molar refractivity (Wildman–Crippen MR) is 94.3 cm³/mol. The Labute approximate surface area is 150 Å². The number of carbonyl (C=O) groups is 1. The fraction of sp³-hybridized carbons (Fsp3) is 0.158. The van der Waals surface area contributed by atoms with Gasteiger partial charge in [0.05, 0.1) is 36.7 Å². The van der Waals surface area contributed by atoms with Gasteiger partial charge in [-0.15, -0.1) is 0 Å². The van der Waals surface area contributed by atoms with Gasteiger partial charge in [0.1, 0.15) is 0 Å². The molecule has 2 aromatic heterocycles. The summed E-state index contributed by atoms with van der Waals surface area (Å²) in [6.45, 7) is 1.45. The number of aromatic amines is 1. The summed E-state index contributed by atoms with van der Waals surface area (Å²) in [6, 6.07) is 12.9. The lowest BCUT2D eigenvalue weighted by atomic mass is 10.0. The highest BCUT2D eigenvalue weighted by Crippen LogP contribution is 2.30. The van der Waals surface area contributed by atoms with E-state index in [2.05, 4.69) is 26.7 Å². The molecule has 4 rings (SSSR count). The summed E-state index contributed by atoms with van der Waals surface area (Å²) >= 11 is 0. The highest BCUT2D eigenvalue weighted by atomic mass is 16.1. The molecular formula is C19H16N6O. The Morgan fingerprint density at radius 2 is 2.19 bits per heavy atom. The minimum Gasteiger partial charge on any atom is -0.346 e. The minimum absolute atomic E-state index is 0.164. The molecule has 0 saturated carbocycles. The second kappa shape index (κ2) is 6.69. The van der Waals surface area contributed by atoms with E-state index in [4.69, 9.17) is 5.26 Å². The predicted octanol–water partition coefficient (Wildman–Crippen LogP) is 2.20. The zero-order valence-corrected chi connectivity index (χ0v) is 13.9. The fourth-order valence-corrected chi connectivity index (χ4v) is 3.03. The summed E-state index contributed by atoms with van der Waals surface area (Å²) in [5.41, 5.74) is 4.97. The first kappa shape index (κ1) is 15.8. The number of amides is 1. The lowest BCUT2D eigenvalue weighted by Crippen LogP contribution is -2.23. The number of hydrogen-bond acceptors (Lipinski definition) is 5. The molecule has 0 spiro atoms. The average Bonchev–Trinajstić information content (AvgIpc) is 3.27. The number of nitrogens with one attached hydrogen (secondary N) is 2. The normalized spacial score (nSPS) is 12.5. The number of nitriles is 1. The van der Waals surface area contributed by atoms with Crippen LogP contribution >= 0.6 is 0 Å². The van der Waals surface area contributed by atoms with Crippen molar-refractivity contribution in [3.05, 3.63) is 71.2 Å². The van der Waals surface area contributed by atoms with Crippen LogP contribution in [0.25, 0.3) is 11.3 Å². The summed E-state index contributed by atoms with van der Waals surface area (Å²) in [5, 5.41) is 19.3. The molecule has 1 aliphatic rings. The van der Waals surface area contributed by atoms with Crippen LogP contribution in [0.3, 0.4) is 0 Å². The van der Waals surface area contributed by atoms with Crippen LogP contribution in [-0.4, -0.2) is 26.0 Å². The molecule has 0 radical (unpaired) electrons. The van der Waals surface area contributed by atoms with Crippen LogP contribution in [0, 0.1) is 11.5 Å². The molecule has 0 saturated heterocycles. The molecule has 7 nitrogen and oxygen atoms in total. The second-order valence-electron chi connectivity index (χ2n) is 6.07. The van der Waals surface area contributed by atoms with E-state index in [9.17, 15) is 4.79 Å². The topological polar surface area (TPSA) is 97.7 Å². The Morgan fingerprint density at radius 1 is 1.27 bits per heavy atom. The van der Waals surface area contributed by atoms with Gasteiger partial charge in [-0.2, -0.15) is 10.4 Å². The zero-order chi connectivity index (χ0) is 17.9. The first-order valence-electron chi connectivity index (χ1n) is 8.24. The zero-order valence-electron chi connectivity index (χ0n) is 13.9. The largest absolute Gasteiger partial charge is 0.346 e. The van der Waals surface area contributed by atoms with Gasteiger partial charge in [-0.05, 0) is 24.3 Å². The quantitative estimate of drug-likeness (QED) is 0.707. The van der Waals surface area contributed by atoms with Crippen molar-refractivity contribution in [1.29, 1.82) is 5.26 Å². The summed E-state index contributed by atoms with van der Waals surface area (Å²) in [7, 11) is 0. The first-order valence-corrected chi connectivity index (χ1v) is 8.24. The van der Waals surface area contributed by atoms with E-state index in [1.807, 2.05) is 36.4 Å². The molecule has 0 unspecified atom stereocenters. The monoisotopic (exact) mass is 344 g/mol. The Bertz CT molecular complexity index is 989. The summed E-state index contributed by atoms with van der Waals surface area (Å²) in [4.78, 5) is 18.3. The van der Waals surface area contributed by atoms with Gasteiger partial charge < -0.3 is 10.2 Å². The maximum absolute atomic E-state index is 12.5. The number of aromatic nitrogens is 3. The lowest BCUT2D eigenvalue weighted by molar-refractivity contribution is 0.0950. The van der Waals surface area contributed by atoms with Crippen LogP contribution < -0.4 is 5.32 Å². The molecular weight excluding hydrogens is 328 g/mol. The molecule has 0 fully saturated rings. The summed E-state index contributed by atoms with van der Waals surface area (Å²) < 4.78 is 0. The summed E-state index contributed by atoms with van der Waals surface area (Å²) in [5.74, 6) is -0.164. The van der Waals surface area contributed by atoms with Gasteiger partial charge in [-0.3, -0.25) is 14.9 Å². The SMILES string of the molecule is N#CN1Cc2[nH]nc(-c3cccc(C(=O)NCc4ccccn4)c3)c2C1. The number of nitrogens with zero attached hydrogens (tertiary/aromatic N) is 4. The first-order chi connectivity index (χ1) is 12.7. The van der Waals surface area contributed by atoms with Gasteiger partial charge >= 0.3 is 0 Å². The third kappa shape index (κ3) is 3.00. The van der Waals surface area contributed by atoms with E-state index in [0.717, 1.165) is 28.2 Å². The van der Waals surface area contributed by atoms with E-state index in [1.54, 1.807) is 17.2 Å². The van der Waals surface area contributed by atoms with Crippen LogP contribution in [0.5, 0.6) is 0 Å². The van der Waals surface area contributed by atoms with Gasteiger partial charge in [-0.25, -0.2) is 0 Å². The van der Waals surface area contributed by atoms with Crippen molar-refractivity contribution in [1.82, 2.24) is 25.4 Å². The molecule has 26 heavy (non-hydrogen) atoms. The minimum atomic E-state index is -0.164. The van der Waals surface area contributed by atoms with Crippen molar-refractivity contribution in [2.45, 2.75) is 19.6 Å². The molecule has 3 heterocycles. The number of hydrogen-bond donors (Lipinski definition) is 2. The Morgan fingerprint density at radius 3 is 3.00 bits per heavy atom. The average molecular weight is 344 g/mol. The molecule has 2 N–H and O–H groups in total. The maximum Gasteiger partial charge on any atom is 0.251 e. The molecule has 7 heteroatoms. The van der Waals surface area contributed by atoms with Crippen molar-refractivity contribution in [2.24, 2.45) is 0 Å². The standard InChI is InChI=1S/C19H16N6O/c20-12-25-10-16-17(11-25)23-24-18(16)13-4-3-5-14(8-13)19(26)22-9-15-6-1-2-7-21-15/h1-8H,9-11H2,(H,22,26)(H,23,24). The van der Waals surface area contributed by atoms with Gasteiger partial charge in [0.25, 0.3) is 5.91 Å². The number of benzene rings is 1. The van der Waals surface area contributed by atoms with E-state index in [0.29, 0.717) is 25.2 Å². The molecule has 0 atom stereocenters. The van der Waals surface area contributed by atoms with Crippen molar-refractivity contribution in [2.75, 3.05) is 0 Å². The highest BCUT2D eigenvalue weighted by molar-refractivity contribution is 5.95. The Balaban J connectivity index is 1.53. The molecule has 0 aliphatic carbocycles. The van der Waals surface area contributed by atoms with E-state index < -0.39 is 0 Å². The van der Waals surface area contributed by atoms with E-state index >= 15 is 0 Å². The van der Waals surface area contributed by atoms with Crippen LogP contribution in [0.2, 0.25) is 0 Å². The van der Waals surface area contributed by atoms with Crippen LogP contribution in [0.15, 0.2) is 48.7 Å². The second-order valence-corrected chi connectivity index (χ2v) is 6.07. The smallest absolute Gasteiger partial charge is 0.251 e. The van der Waals surface area contributed by atoms with Gasteiger partial charge in [-0.1, -0.05) is 18.2 Å². The lowest BCUT2D eigenvalue weighted by Gasteiger charge is -2.07. The van der Waals surface area contributed by atoms with Crippen molar-refractivity contribution < 1.29 is 4.79 Å². The van der Waals surface area contributed by atoms with E-state index in [-0.39, 0.29) is 5.91 Å². The van der Waals surface area contributed by atoms with Gasteiger partial charge in [0, 0.05) is 22.9 Å². The van der Waals surface area contributed by atoms with E-state index in [1.165, 1.54) is 0 Å². The Hall–Kier alpha value is -3.66. The molecule has 1 aliphatic heterocycles. The van der Waals surface area contributed by atoms with Crippen molar-refractivity contribution >= 4 is 5.91 Å². The number of rotatable bonds is 4. The number of pyridine rings is 1. The third-order valence-corrected chi connectivity index (χ3v) is 4.35. The number of fused-ring (bicyclic) bond motifs is 1. The van der Waals surface area contributed by atoms with Crippen LogP contribution in [-0.2, 0) is 19.6 Å². The maximum atomic E-state index is 12.5. The van der Waals surface area contributed by atoms with Gasteiger partial charge in [0.2, 0.25) is 0 Å². The number of carbonyl (C=O) groups excluding carboxylic acids is 1. The van der Waals surface area contributed by atoms with Crippen LogP contribution in [0.1, 0.15) is 27.3 Å². The molecule has 1 aromatic carbocycles. The van der Waals surface area contributed by atoms with Crippen molar-refractivity contribution in [3.8, 4) is 17.5 Å². The summed E-state index contributed by atoms with van der Waals surface area (Å²) in [6.07, 6.45) is 3.85. The van der Waals surface area contributed by atoms with Gasteiger partial charge in [0.15, 0.2) is 6.19 Å². The highest BCUT2D eigenvalue weighted by Gasteiger charge is 2.25. The third-order valence-electron chi connectivity index (χ3n) is 4.35. The van der Waals surface area contributed by atoms with Crippen LogP contribution in [0.4, 0.5) is 0 Å². The molecule has 0 bridgehead atoms. The number of H-pyrrole nitrogens is 1. The Kier molecular flexibility index (Phi) is 4.07. The van der Waals surface area contributed by atoms with Crippen molar-refractivity contribution in [3.63, 3.8) is 0 Å².